The van der Waals surface area contributed by atoms with Crippen LogP contribution in [0.4, 0.5) is 0 Å². The van der Waals surface area contributed by atoms with Crippen LogP contribution in [0.5, 0.6) is 0 Å². The van der Waals surface area contributed by atoms with Gasteiger partial charge >= 0.3 is 5.97 Å². The summed E-state index contributed by atoms with van der Waals surface area (Å²) < 4.78 is 12.2. The van der Waals surface area contributed by atoms with Gasteiger partial charge in [-0.25, -0.2) is 0 Å². The summed E-state index contributed by atoms with van der Waals surface area (Å²) in [5, 5.41) is 8.77. The van der Waals surface area contributed by atoms with E-state index in [0.717, 1.165) is 38.5 Å². The number of rotatable bonds is 8. The van der Waals surface area contributed by atoms with Crippen LogP contribution in [0, 0.1) is 11.8 Å². The van der Waals surface area contributed by atoms with Crippen LogP contribution in [0.15, 0.2) is 0 Å². The van der Waals surface area contributed by atoms with E-state index in [1.54, 1.807) is 0 Å². The summed E-state index contributed by atoms with van der Waals surface area (Å²) in [5.41, 5.74) is 0. The number of hydrogen-bond acceptors (Lipinski definition) is 2. The van der Waals surface area contributed by atoms with E-state index in [2.05, 4.69) is 0 Å². The van der Waals surface area contributed by atoms with Crippen molar-refractivity contribution in [1.82, 2.24) is 0 Å². The van der Waals surface area contributed by atoms with Crippen LogP contribution in [0.3, 0.4) is 0 Å². The van der Waals surface area contributed by atoms with Crippen LogP contribution in [0.1, 0.15) is 58.3 Å². The molecule has 3 atom stereocenters. The van der Waals surface area contributed by atoms with Gasteiger partial charge in [0.15, 0.2) is 0 Å². The zero-order valence-electron chi connectivity index (χ0n) is 11.9. The average Bonchev–Trinajstić information content (AvgIpc) is 2.35. The van der Waals surface area contributed by atoms with Crippen molar-refractivity contribution in [3.05, 3.63) is 0 Å². The molecule has 0 saturated heterocycles. The van der Waals surface area contributed by atoms with Crippen LogP contribution in [-0.2, 0) is 9.36 Å². The molecule has 0 radical (unpaired) electrons. The quantitative estimate of drug-likeness (QED) is 0.668. The highest BCUT2D eigenvalue weighted by Crippen LogP contribution is 2.48. The first-order chi connectivity index (χ1) is 8.94. The number of carbonyl (C=O) groups is 1. The lowest BCUT2D eigenvalue weighted by Gasteiger charge is -2.32. The third-order valence-corrected chi connectivity index (χ3v) is 6.23. The maximum atomic E-state index is 12.2. The Morgan fingerprint density at radius 3 is 2.47 bits per heavy atom. The Labute approximate surface area is 116 Å². The molecule has 0 aliphatic heterocycles. The van der Waals surface area contributed by atoms with E-state index in [4.69, 9.17) is 5.11 Å². The van der Waals surface area contributed by atoms with Gasteiger partial charge in [0.2, 0.25) is 7.37 Å². The predicted molar refractivity (Wildman–Crippen MR) is 76.8 cm³/mol. The largest absolute Gasteiger partial charge is 0.481 e. The minimum Gasteiger partial charge on any atom is -0.481 e. The molecular weight excluding hydrogens is 263 g/mol. The first-order valence-electron chi connectivity index (χ1n) is 7.47. The Balaban J connectivity index is 2.51. The van der Waals surface area contributed by atoms with E-state index in [0.29, 0.717) is 24.7 Å². The summed E-state index contributed by atoms with van der Waals surface area (Å²) in [6, 6.07) is 0. The smallest absolute Gasteiger partial charge is 0.303 e. The maximum Gasteiger partial charge on any atom is 0.303 e. The van der Waals surface area contributed by atoms with E-state index >= 15 is 0 Å². The first-order valence-corrected chi connectivity index (χ1v) is 9.50. The molecule has 1 saturated carbocycles. The average molecular weight is 290 g/mol. The normalized spacial score (nSPS) is 26.8. The van der Waals surface area contributed by atoms with E-state index < -0.39 is 13.3 Å². The van der Waals surface area contributed by atoms with Crippen molar-refractivity contribution in [1.29, 1.82) is 0 Å². The molecule has 1 aliphatic carbocycles. The third-order valence-electron chi connectivity index (χ3n) is 4.18. The minimum atomic E-state index is -3.01. The van der Waals surface area contributed by atoms with Crippen LogP contribution < -0.4 is 0 Å². The van der Waals surface area contributed by atoms with Crippen molar-refractivity contribution in [2.45, 2.75) is 58.3 Å². The van der Waals surface area contributed by atoms with Gasteiger partial charge in [0.1, 0.15) is 0 Å². The van der Waals surface area contributed by atoms with Gasteiger partial charge in [-0.3, -0.25) is 9.36 Å². The summed E-state index contributed by atoms with van der Waals surface area (Å²) in [7, 11) is -3.01. The molecule has 0 heterocycles. The Morgan fingerprint density at radius 1 is 1.26 bits per heavy atom. The second-order valence-electron chi connectivity index (χ2n) is 5.84. The van der Waals surface area contributed by atoms with Gasteiger partial charge in [-0.05, 0) is 31.1 Å². The predicted octanol–water partition coefficient (Wildman–Crippen LogP) is 3.73. The fraction of sp³-hybridized carbons (Fsp3) is 0.929. The fourth-order valence-corrected chi connectivity index (χ4v) is 5.28. The second kappa shape index (κ2) is 8.06. The molecule has 2 N–H and O–H groups in total. The van der Waals surface area contributed by atoms with E-state index in [1.807, 2.05) is 6.92 Å². The van der Waals surface area contributed by atoms with Crippen molar-refractivity contribution in [3.63, 3.8) is 0 Å². The summed E-state index contributed by atoms with van der Waals surface area (Å²) in [4.78, 5) is 20.7. The molecule has 112 valence electrons. The van der Waals surface area contributed by atoms with Crippen LogP contribution in [0.25, 0.3) is 0 Å². The van der Waals surface area contributed by atoms with E-state index in [1.165, 1.54) is 0 Å². The summed E-state index contributed by atoms with van der Waals surface area (Å²) >= 11 is 0. The van der Waals surface area contributed by atoms with Crippen LogP contribution >= 0.6 is 7.37 Å². The number of carboxylic acid groups (broad SMARTS) is 1. The molecule has 4 nitrogen and oxygen atoms in total. The minimum absolute atomic E-state index is 0.186. The summed E-state index contributed by atoms with van der Waals surface area (Å²) in [6.45, 7) is 2.02. The monoisotopic (exact) mass is 290 g/mol. The molecule has 5 heteroatoms. The van der Waals surface area contributed by atoms with E-state index in [-0.39, 0.29) is 12.3 Å². The Morgan fingerprint density at radius 2 is 1.89 bits per heavy atom. The maximum absolute atomic E-state index is 12.2. The lowest BCUT2D eigenvalue weighted by Crippen LogP contribution is -2.24. The molecule has 1 fully saturated rings. The van der Waals surface area contributed by atoms with E-state index in [9.17, 15) is 14.3 Å². The van der Waals surface area contributed by atoms with Gasteiger partial charge in [0, 0.05) is 18.7 Å². The van der Waals surface area contributed by atoms with Crippen molar-refractivity contribution in [2.75, 3.05) is 12.3 Å². The van der Waals surface area contributed by atoms with Gasteiger partial charge < -0.3 is 10.00 Å². The number of hydrogen-bond donors (Lipinski definition) is 2. The number of unbranched alkanes of at least 4 members (excludes halogenated alkanes) is 1. The highest BCUT2D eigenvalue weighted by molar-refractivity contribution is 7.57. The molecular formula is C14H27O4P. The molecule has 1 rings (SSSR count). The molecule has 1 aliphatic rings. The zero-order chi connectivity index (χ0) is 14.3. The number of carboxylic acids is 1. The SMILES string of the molecule is CCCCP(=O)(O)CC1CCCCC1CCC(=O)O. The Kier molecular flexibility index (Phi) is 7.09. The molecule has 0 spiro atoms. The highest BCUT2D eigenvalue weighted by atomic mass is 31.2. The molecule has 0 aromatic carbocycles. The van der Waals surface area contributed by atoms with Crippen molar-refractivity contribution < 1.29 is 19.4 Å². The van der Waals surface area contributed by atoms with Gasteiger partial charge in [0.25, 0.3) is 0 Å². The van der Waals surface area contributed by atoms with Crippen molar-refractivity contribution in [3.8, 4) is 0 Å². The standard InChI is InChI=1S/C14H27O4P/c1-2-3-10-19(17,18)11-13-7-5-4-6-12(13)8-9-14(15)16/h12-13H,2-11H2,1H3,(H,15,16)(H,17,18). The summed E-state index contributed by atoms with van der Waals surface area (Å²) in [5.74, 6) is -0.185. The molecule has 0 aromatic rings. The van der Waals surface area contributed by atoms with Gasteiger partial charge in [-0.2, -0.15) is 0 Å². The zero-order valence-corrected chi connectivity index (χ0v) is 12.8. The first kappa shape index (κ1) is 16.7. The Bertz CT molecular complexity index is 329. The molecule has 0 amide bonds. The number of aliphatic carboxylic acids is 1. The van der Waals surface area contributed by atoms with Gasteiger partial charge in [-0.15, -0.1) is 0 Å². The topological polar surface area (TPSA) is 74.6 Å². The van der Waals surface area contributed by atoms with Gasteiger partial charge in [-0.1, -0.05) is 32.6 Å². The lowest BCUT2D eigenvalue weighted by molar-refractivity contribution is -0.137. The van der Waals surface area contributed by atoms with Gasteiger partial charge in [0.05, 0.1) is 0 Å². The fourth-order valence-electron chi connectivity index (χ4n) is 3.08. The lowest BCUT2D eigenvalue weighted by atomic mass is 9.78. The molecule has 3 unspecified atom stereocenters. The van der Waals surface area contributed by atoms with Crippen molar-refractivity contribution in [2.24, 2.45) is 11.8 Å². The molecule has 19 heavy (non-hydrogen) atoms. The van der Waals surface area contributed by atoms with Crippen LogP contribution in [-0.4, -0.2) is 28.3 Å². The molecule has 0 aromatic heterocycles. The third kappa shape index (κ3) is 6.58. The van der Waals surface area contributed by atoms with Crippen molar-refractivity contribution >= 4 is 13.3 Å². The second-order valence-corrected chi connectivity index (χ2v) is 8.35. The van der Waals surface area contributed by atoms with Crippen LogP contribution in [0.2, 0.25) is 0 Å². The summed E-state index contributed by atoms with van der Waals surface area (Å²) in [6.07, 6.45) is 7.67. The molecule has 0 bridgehead atoms. The highest BCUT2D eigenvalue weighted by Gasteiger charge is 2.31. The Hall–Kier alpha value is -0.340.